The Hall–Kier alpha value is -3.21. The predicted molar refractivity (Wildman–Crippen MR) is 99.0 cm³/mol. The average molecular weight is 349 g/mol. The van der Waals surface area contributed by atoms with Gasteiger partial charge in [-0.2, -0.15) is 0 Å². The van der Waals surface area contributed by atoms with E-state index in [-0.39, 0.29) is 24.2 Å². The molecule has 2 aromatic carbocycles. The standard InChI is InChI=1S/C21H19NO4/c1-13-4-3-5-15(10-13)6-9-20(24)26-12-19(23)16-7-8-18-17(11-16)14(2)21(25)22-18/h3-11,14H,12H2,1-2H3,(H,22,25)/b9-6+/t14-/m1/s1. The van der Waals surface area contributed by atoms with Crippen molar-refractivity contribution in [1.29, 1.82) is 0 Å². The van der Waals surface area contributed by atoms with E-state index < -0.39 is 5.97 Å². The van der Waals surface area contributed by atoms with Crippen LogP contribution >= 0.6 is 0 Å². The fourth-order valence-corrected chi connectivity index (χ4v) is 2.80. The van der Waals surface area contributed by atoms with E-state index in [1.807, 2.05) is 31.2 Å². The lowest BCUT2D eigenvalue weighted by Gasteiger charge is -2.06. The van der Waals surface area contributed by atoms with Crippen molar-refractivity contribution in [2.24, 2.45) is 0 Å². The summed E-state index contributed by atoms with van der Waals surface area (Å²) in [6.07, 6.45) is 2.95. The third kappa shape index (κ3) is 3.88. The number of carbonyl (C=O) groups is 3. The molecule has 0 saturated carbocycles. The molecule has 0 fully saturated rings. The van der Waals surface area contributed by atoms with Crippen molar-refractivity contribution in [3.05, 3.63) is 70.8 Å². The minimum Gasteiger partial charge on any atom is -0.454 e. The van der Waals surface area contributed by atoms with Crippen molar-refractivity contribution in [2.75, 3.05) is 11.9 Å². The molecule has 1 amide bonds. The minimum absolute atomic E-state index is 0.0858. The lowest BCUT2D eigenvalue weighted by Crippen LogP contribution is -2.13. The van der Waals surface area contributed by atoms with Gasteiger partial charge < -0.3 is 10.1 Å². The van der Waals surface area contributed by atoms with Gasteiger partial charge in [-0.3, -0.25) is 9.59 Å². The van der Waals surface area contributed by atoms with Crippen LogP contribution in [0.5, 0.6) is 0 Å². The molecular formula is C21H19NO4. The van der Waals surface area contributed by atoms with Crippen molar-refractivity contribution in [2.45, 2.75) is 19.8 Å². The van der Waals surface area contributed by atoms with Crippen LogP contribution in [0.1, 0.15) is 39.9 Å². The summed E-state index contributed by atoms with van der Waals surface area (Å²) in [6, 6.07) is 12.7. The number of nitrogens with one attached hydrogen (secondary N) is 1. The normalized spacial score (nSPS) is 15.6. The molecule has 0 aliphatic carbocycles. The summed E-state index contributed by atoms with van der Waals surface area (Å²) in [6.45, 7) is 3.41. The van der Waals surface area contributed by atoms with Gasteiger partial charge >= 0.3 is 5.97 Å². The van der Waals surface area contributed by atoms with Crippen molar-refractivity contribution >= 4 is 29.4 Å². The molecule has 1 atom stereocenters. The highest BCUT2D eigenvalue weighted by Gasteiger charge is 2.27. The van der Waals surface area contributed by atoms with Gasteiger partial charge in [0.15, 0.2) is 12.4 Å². The quantitative estimate of drug-likeness (QED) is 0.509. The first-order valence-electron chi connectivity index (χ1n) is 8.33. The van der Waals surface area contributed by atoms with Crippen LogP contribution in [0.15, 0.2) is 48.5 Å². The maximum absolute atomic E-state index is 12.2. The second-order valence-electron chi connectivity index (χ2n) is 6.29. The fraction of sp³-hybridized carbons (Fsp3) is 0.190. The topological polar surface area (TPSA) is 72.5 Å². The second-order valence-corrected chi connectivity index (χ2v) is 6.29. The molecule has 1 aliphatic heterocycles. The number of aryl methyl sites for hydroxylation is 1. The molecule has 5 heteroatoms. The summed E-state index contributed by atoms with van der Waals surface area (Å²) in [5, 5.41) is 2.75. The van der Waals surface area contributed by atoms with E-state index in [4.69, 9.17) is 4.74 Å². The Morgan fingerprint density at radius 2 is 2.00 bits per heavy atom. The highest BCUT2D eigenvalue weighted by atomic mass is 16.5. The van der Waals surface area contributed by atoms with Crippen molar-refractivity contribution in [3.63, 3.8) is 0 Å². The Balaban J connectivity index is 1.59. The van der Waals surface area contributed by atoms with Crippen molar-refractivity contribution in [3.8, 4) is 0 Å². The van der Waals surface area contributed by atoms with Crippen LogP contribution in [0.2, 0.25) is 0 Å². The van der Waals surface area contributed by atoms with Crippen LogP contribution in [0, 0.1) is 6.92 Å². The van der Waals surface area contributed by atoms with Crippen LogP contribution in [0.25, 0.3) is 6.08 Å². The molecule has 132 valence electrons. The lowest BCUT2D eigenvalue weighted by atomic mass is 9.99. The van der Waals surface area contributed by atoms with Gasteiger partial charge in [-0.25, -0.2) is 4.79 Å². The molecule has 0 bridgehead atoms. The van der Waals surface area contributed by atoms with E-state index in [1.165, 1.54) is 6.08 Å². The third-order valence-electron chi connectivity index (χ3n) is 4.29. The summed E-state index contributed by atoms with van der Waals surface area (Å²) in [7, 11) is 0. The Bertz CT molecular complexity index is 914. The number of rotatable bonds is 5. The molecule has 1 aliphatic rings. The zero-order valence-corrected chi connectivity index (χ0v) is 14.6. The highest BCUT2D eigenvalue weighted by Crippen LogP contribution is 2.32. The zero-order chi connectivity index (χ0) is 18.7. The van der Waals surface area contributed by atoms with Gasteiger partial charge in [0.25, 0.3) is 0 Å². The second kappa shape index (κ2) is 7.35. The molecule has 2 aromatic rings. The first kappa shape index (κ1) is 17.6. The van der Waals surface area contributed by atoms with Gasteiger partial charge in [0.1, 0.15) is 0 Å². The van der Waals surface area contributed by atoms with Gasteiger partial charge in [-0.05, 0) is 49.2 Å². The summed E-state index contributed by atoms with van der Waals surface area (Å²) in [4.78, 5) is 35.7. The summed E-state index contributed by atoms with van der Waals surface area (Å²) in [5.74, 6) is -1.27. The van der Waals surface area contributed by atoms with E-state index in [2.05, 4.69) is 5.32 Å². The number of anilines is 1. The summed E-state index contributed by atoms with van der Waals surface area (Å²) >= 11 is 0. The number of esters is 1. The minimum atomic E-state index is -0.578. The molecule has 1 N–H and O–H groups in total. The number of fused-ring (bicyclic) bond motifs is 1. The van der Waals surface area contributed by atoms with Gasteiger partial charge in [-0.15, -0.1) is 0 Å². The monoisotopic (exact) mass is 349 g/mol. The number of ketones is 1. The van der Waals surface area contributed by atoms with Crippen LogP contribution < -0.4 is 5.32 Å². The third-order valence-corrected chi connectivity index (χ3v) is 4.29. The number of benzene rings is 2. The summed E-state index contributed by atoms with van der Waals surface area (Å²) in [5.41, 5.74) is 3.90. The molecule has 0 radical (unpaired) electrons. The zero-order valence-electron chi connectivity index (χ0n) is 14.6. The smallest absolute Gasteiger partial charge is 0.331 e. The molecule has 5 nitrogen and oxygen atoms in total. The van der Waals surface area contributed by atoms with Crippen LogP contribution in [0.3, 0.4) is 0 Å². The Morgan fingerprint density at radius 3 is 2.77 bits per heavy atom. The Labute approximate surface area is 151 Å². The van der Waals surface area contributed by atoms with Gasteiger partial charge in [0, 0.05) is 17.3 Å². The molecule has 26 heavy (non-hydrogen) atoms. The largest absolute Gasteiger partial charge is 0.454 e. The summed E-state index contributed by atoms with van der Waals surface area (Å²) < 4.78 is 5.02. The number of hydrogen-bond acceptors (Lipinski definition) is 4. The van der Waals surface area contributed by atoms with Crippen LogP contribution in [-0.4, -0.2) is 24.3 Å². The predicted octanol–water partition coefficient (Wildman–Crippen LogP) is 3.49. The first-order valence-corrected chi connectivity index (χ1v) is 8.33. The SMILES string of the molecule is Cc1cccc(/C=C/C(=O)OCC(=O)c2ccc3c(c2)[C@@H](C)C(=O)N3)c1. The average Bonchev–Trinajstić information content (AvgIpc) is 2.91. The van der Waals surface area contributed by atoms with E-state index in [9.17, 15) is 14.4 Å². The van der Waals surface area contributed by atoms with Crippen molar-refractivity contribution in [1.82, 2.24) is 0 Å². The number of hydrogen-bond donors (Lipinski definition) is 1. The van der Waals surface area contributed by atoms with E-state index in [1.54, 1.807) is 31.2 Å². The maximum Gasteiger partial charge on any atom is 0.331 e. The molecule has 0 spiro atoms. The Kier molecular flexibility index (Phi) is 4.98. The first-order chi connectivity index (χ1) is 12.4. The van der Waals surface area contributed by atoms with E-state index in [0.29, 0.717) is 5.56 Å². The molecular weight excluding hydrogens is 330 g/mol. The number of carbonyl (C=O) groups excluding carboxylic acids is 3. The number of amides is 1. The Morgan fingerprint density at radius 1 is 1.19 bits per heavy atom. The van der Waals surface area contributed by atoms with Gasteiger partial charge in [0.2, 0.25) is 5.91 Å². The van der Waals surface area contributed by atoms with E-state index >= 15 is 0 Å². The lowest BCUT2D eigenvalue weighted by molar-refractivity contribution is -0.136. The number of Topliss-reactive ketones (excluding diaryl/α,β-unsaturated/α-hetero) is 1. The van der Waals surface area contributed by atoms with Crippen LogP contribution in [0.4, 0.5) is 5.69 Å². The molecule has 3 rings (SSSR count). The maximum atomic E-state index is 12.2. The van der Waals surface area contributed by atoms with Crippen molar-refractivity contribution < 1.29 is 19.1 Å². The molecule has 1 heterocycles. The van der Waals surface area contributed by atoms with Crippen LogP contribution in [-0.2, 0) is 14.3 Å². The molecule has 0 aromatic heterocycles. The van der Waals surface area contributed by atoms with E-state index in [0.717, 1.165) is 22.4 Å². The highest BCUT2D eigenvalue weighted by molar-refractivity contribution is 6.05. The molecule has 0 saturated heterocycles. The fourth-order valence-electron chi connectivity index (χ4n) is 2.80. The van der Waals surface area contributed by atoms with Gasteiger partial charge in [0.05, 0.1) is 5.92 Å². The van der Waals surface area contributed by atoms with Gasteiger partial charge in [-0.1, -0.05) is 29.8 Å². The number of ether oxygens (including phenoxy) is 1. The molecule has 0 unspecified atom stereocenters.